The number of anilines is 1. The lowest BCUT2D eigenvalue weighted by molar-refractivity contribution is 0.764. The van der Waals surface area contributed by atoms with Crippen LogP contribution in [0.1, 0.15) is 44.0 Å². The van der Waals surface area contributed by atoms with E-state index < -0.39 is 0 Å². The number of nitrogens with zero attached hydrogens (tertiary/aromatic N) is 4. The second-order valence-corrected chi connectivity index (χ2v) is 5.25. The van der Waals surface area contributed by atoms with Gasteiger partial charge in [-0.05, 0) is 33.6 Å². The van der Waals surface area contributed by atoms with Gasteiger partial charge in [0.1, 0.15) is 17.3 Å². The van der Waals surface area contributed by atoms with Gasteiger partial charge in [-0.1, -0.05) is 0 Å². The summed E-state index contributed by atoms with van der Waals surface area (Å²) in [6, 6.07) is 0. The Hall–Kier alpha value is -1.91. The van der Waals surface area contributed by atoms with Gasteiger partial charge in [0.15, 0.2) is 5.82 Å². The molecule has 5 nitrogen and oxygen atoms in total. The van der Waals surface area contributed by atoms with Crippen molar-refractivity contribution in [2.24, 2.45) is 0 Å². The van der Waals surface area contributed by atoms with Gasteiger partial charge in [-0.15, -0.1) is 0 Å². The van der Waals surface area contributed by atoms with Crippen LogP contribution in [-0.2, 0) is 6.54 Å². The molecule has 1 aliphatic rings. The van der Waals surface area contributed by atoms with Crippen molar-refractivity contribution in [2.75, 3.05) is 11.9 Å². The molecule has 2 aromatic rings. The van der Waals surface area contributed by atoms with Gasteiger partial charge in [-0.25, -0.2) is 15.0 Å². The van der Waals surface area contributed by atoms with Crippen LogP contribution in [0, 0.1) is 6.92 Å². The molecular formula is C15H21N5. The van der Waals surface area contributed by atoms with Crippen LogP contribution in [0.5, 0.6) is 0 Å². The minimum atomic E-state index is 0.539. The molecule has 1 saturated carbocycles. The lowest BCUT2D eigenvalue weighted by Gasteiger charge is -2.13. The highest BCUT2D eigenvalue weighted by molar-refractivity contribution is 5.63. The van der Waals surface area contributed by atoms with Gasteiger partial charge >= 0.3 is 0 Å². The Bertz CT molecular complexity index is 613. The van der Waals surface area contributed by atoms with Crippen LogP contribution in [-0.4, -0.2) is 26.1 Å². The first-order valence-electron chi connectivity index (χ1n) is 7.38. The van der Waals surface area contributed by atoms with Gasteiger partial charge in [0.2, 0.25) is 0 Å². The smallest absolute Gasteiger partial charge is 0.159 e. The molecule has 1 fully saturated rings. The number of rotatable bonds is 5. The zero-order chi connectivity index (χ0) is 14.1. The van der Waals surface area contributed by atoms with Crippen molar-refractivity contribution in [3.05, 3.63) is 23.8 Å². The maximum absolute atomic E-state index is 4.79. The van der Waals surface area contributed by atoms with Crippen molar-refractivity contribution < 1.29 is 0 Å². The molecule has 106 valence electrons. The summed E-state index contributed by atoms with van der Waals surface area (Å²) in [6.45, 7) is 8.04. The maximum Gasteiger partial charge on any atom is 0.159 e. The van der Waals surface area contributed by atoms with Crippen molar-refractivity contribution >= 4 is 5.82 Å². The van der Waals surface area contributed by atoms with Gasteiger partial charge in [-0.3, -0.25) is 0 Å². The topological polar surface area (TPSA) is 55.6 Å². The molecule has 0 saturated heterocycles. The fourth-order valence-corrected chi connectivity index (χ4v) is 2.40. The largest absolute Gasteiger partial charge is 0.370 e. The van der Waals surface area contributed by atoms with Crippen molar-refractivity contribution in [1.29, 1.82) is 0 Å². The van der Waals surface area contributed by atoms with Gasteiger partial charge in [-0.2, -0.15) is 0 Å². The summed E-state index contributed by atoms with van der Waals surface area (Å²) in [6.07, 6.45) is 6.25. The fraction of sp³-hybridized carbons (Fsp3) is 0.533. The Balaban J connectivity index is 2.12. The number of hydrogen-bond acceptors (Lipinski definition) is 4. The second-order valence-electron chi connectivity index (χ2n) is 5.25. The predicted octanol–water partition coefficient (Wildman–Crippen LogP) is 2.98. The van der Waals surface area contributed by atoms with E-state index in [2.05, 4.69) is 35.6 Å². The Kier molecular flexibility index (Phi) is 3.42. The molecule has 20 heavy (non-hydrogen) atoms. The zero-order valence-corrected chi connectivity index (χ0v) is 12.3. The third-order valence-corrected chi connectivity index (χ3v) is 3.72. The van der Waals surface area contributed by atoms with Crippen LogP contribution in [0.15, 0.2) is 12.4 Å². The molecule has 2 aromatic heterocycles. The first-order chi connectivity index (χ1) is 9.74. The van der Waals surface area contributed by atoms with Crippen molar-refractivity contribution in [3.8, 4) is 11.5 Å². The van der Waals surface area contributed by atoms with E-state index in [4.69, 9.17) is 9.97 Å². The Morgan fingerprint density at radius 1 is 1.30 bits per heavy atom. The third-order valence-electron chi connectivity index (χ3n) is 3.72. The number of aromatic nitrogens is 4. The predicted molar refractivity (Wildman–Crippen MR) is 79.8 cm³/mol. The minimum absolute atomic E-state index is 0.539. The molecule has 1 N–H and O–H groups in total. The summed E-state index contributed by atoms with van der Waals surface area (Å²) in [5, 5.41) is 3.35. The minimum Gasteiger partial charge on any atom is -0.370 e. The van der Waals surface area contributed by atoms with Crippen LogP contribution >= 0.6 is 0 Å². The number of imidazole rings is 1. The summed E-state index contributed by atoms with van der Waals surface area (Å²) < 4.78 is 2.13. The molecule has 0 amide bonds. The van der Waals surface area contributed by atoms with E-state index in [9.17, 15) is 0 Å². The molecular weight excluding hydrogens is 250 g/mol. The van der Waals surface area contributed by atoms with Gasteiger partial charge in [0.25, 0.3) is 0 Å². The molecule has 5 heteroatoms. The van der Waals surface area contributed by atoms with Crippen LogP contribution in [0.4, 0.5) is 5.82 Å². The summed E-state index contributed by atoms with van der Waals surface area (Å²) in [7, 11) is 0. The average molecular weight is 271 g/mol. The van der Waals surface area contributed by atoms with E-state index in [0.29, 0.717) is 5.92 Å². The van der Waals surface area contributed by atoms with E-state index in [1.807, 2.05) is 12.4 Å². The molecule has 0 aliphatic heterocycles. The molecule has 0 radical (unpaired) electrons. The van der Waals surface area contributed by atoms with Crippen molar-refractivity contribution in [1.82, 2.24) is 19.5 Å². The fourth-order valence-electron chi connectivity index (χ4n) is 2.40. The van der Waals surface area contributed by atoms with Gasteiger partial charge in [0.05, 0.1) is 0 Å². The van der Waals surface area contributed by atoms with E-state index in [-0.39, 0.29) is 0 Å². The normalized spacial score (nSPS) is 14.6. The Morgan fingerprint density at radius 2 is 2.10 bits per heavy atom. The summed E-state index contributed by atoms with van der Waals surface area (Å²) in [4.78, 5) is 14.0. The summed E-state index contributed by atoms with van der Waals surface area (Å²) >= 11 is 0. The lowest BCUT2D eigenvalue weighted by atomic mass is 10.2. The van der Waals surface area contributed by atoms with E-state index in [1.165, 1.54) is 12.8 Å². The van der Waals surface area contributed by atoms with Crippen LogP contribution in [0.25, 0.3) is 11.5 Å². The standard InChI is InChI=1S/C15H21N5/c1-4-16-13-10(3)12(15-17-8-9-20(15)5-2)18-14(19-13)11-6-7-11/h8-9,11H,4-7H2,1-3H3,(H,16,18,19). The quantitative estimate of drug-likeness (QED) is 0.908. The van der Waals surface area contributed by atoms with Crippen LogP contribution in [0.3, 0.4) is 0 Å². The van der Waals surface area contributed by atoms with Crippen molar-refractivity contribution in [2.45, 2.75) is 46.1 Å². The SMILES string of the molecule is CCNc1nc(C2CC2)nc(-c2nccn2CC)c1C. The van der Waals surface area contributed by atoms with Crippen LogP contribution in [0.2, 0.25) is 0 Å². The Labute approximate surface area is 119 Å². The number of aryl methyl sites for hydroxylation is 1. The molecule has 0 unspecified atom stereocenters. The number of hydrogen-bond donors (Lipinski definition) is 1. The van der Waals surface area contributed by atoms with E-state index in [1.54, 1.807) is 0 Å². The first-order valence-corrected chi connectivity index (χ1v) is 7.38. The maximum atomic E-state index is 4.79. The highest BCUT2D eigenvalue weighted by Gasteiger charge is 2.29. The summed E-state index contributed by atoms with van der Waals surface area (Å²) in [5.74, 6) is 3.39. The van der Waals surface area contributed by atoms with Gasteiger partial charge < -0.3 is 9.88 Å². The summed E-state index contributed by atoms with van der Waals surface area (Å²) in [5.41, 5.74) is 2.04. The van der Waals surface area contributed by atoms with Crippen LogP contribution < -0.4 is 5.32 Å². The molecule has 3 rings (SSSR count). The lowest BCUT2D eigenvalue weighted by Crippen LogP contribution is -2.09. The van der Waals surface area contributed by atoms with Gasteiger partial charge in [0, 0.05) is 37.0 Å². The van der Waals surface area contributed by atoms with E-state index >= 15 is 0 Å². The monoisotopic (exact) mass is 271 g/mol. The van der Waals surface area contributed by atoms with Crippen molar-refractivity contribution in [3.63, 3.8) is 0 Å². The molecule has 1 aliphatic carbocycles. The molecule has 0 aromatic carbocycles. The average Bonchev–Trinajstić information content (AvgIpc) is 3.19. The highest BCUT2D eigenvalue weighted by atomic mass is 15.1. The molecule has 0 bridgehead atoms. The Morgan fingerprint density at radius 3 is 2.75 bits per heavy atom. The molecule has 0 spiro atoms. The first kappa shape index (κ1) is 13.1. The van der Waals surface area contributed by atoms with E-state index in [0.717, 1.165) is 41.8 Å². The third kappa shape index (κ3) is 2.28. The molecule has 0 atom stereocenters. The second kappa shape index (κ2) is 5.23. The number of nitrogens with one attached hydrogen (secondary N) is 1. The zero-order valence-electron chi connectivity index (χ0n) is 12.3. The molecule has 2 heterocycles. The highest BCUT2D eigenvalue weighted by Crippen LogP contribution is 2.40.